The third-order valence-corrected chi connectivity index (χ3v) is 4.34. The summed E-state index contributed by atoms with van der Waals surface area (Å²) in [5.74, 6) is 0.654. The summed E-state index contributed by atoms with van der Waals surface area (Å²) in [6, 6.07) is 0. The topological polar surface area (TPSA) is 17.1 Å². The van der Waals surface area contributed by atoms with Crippen molar-refractivity contribution in [3.63, 3.8) is 0 Å². The van der Waals surface area contributed by atoms with Crippen LogP contribution in [0.2, 0.25) is 0 Å². The molecule has 10 heavy (non-hydrogen) atoms. The largest absolute Gasteiger partial charge is 0.259 e. The van der Waals surface area contributed by atoms with Gasteiger partial charge in [0.2, 0.25) is 0 Å². The standard InChI is InChI=1S/C7H16OS2/c1-6(2)5-7(9-3)10(4)8/h6-7H,5H2,1-4H3. The summed E-state index contributed by atoms with van der Waals surface area (Å²) in [5, 5.41) is 0. The number of thioether (sulfide) groups is 1. The minimum Gasteiger partial charge on any atom is -0.259 e. The Bertz CT molecular complexity index is 112. The van der Waals surface area contributed by atoms with Gasteiger partial charge >= 0.3 is 0 Å². The monoisotopic (exact) mass is 180 g/mol. The molecule has 0 aromatic carbocycles. The quantitative estimate of drug-likeness (QED) is 0.659. The molecule has 62 valence electrons. The van der Waals surface area contributed by atoms with Crippen LogP contribution in [0.4, 0.5) is 0 Å². The summed E-state index contributed by atoms with van der Waals surface area (Å²) in [6.07, 6.45) is 4.86. The SMILES string of the molecule is CSC(CC(C)C)S(C)=O. The van der Waals surface area contributed by atoms with Gasteiger partial charge in [-0.3, -0.25) is 4.21 Å². The van der Waals surface area contributed by atoms with Crippen molar-refractivity contribution in [3.8, 4) is 0 Å². The molecule has 0 heterocycles. The average Bonchev–Trinajstić information content (AvgIpc) is 1.81. The Kier molecular flexibility index (Phi) is 5.45. The van der Waals surface area contributed by atoms with Crippen LogP contribution in [-0.2, 0) is 10.8 Å². The maximum Gasteiger partial charge on any atom is 0.0798 e. The Morgan fingerprint density at radius 2 is 2.00 bits per heavy atom. The second-order valence-electron chi connectivity index (χ2n) is 2.79. The molecule has 2 atom stereocenters. The number of hydrogen-bond acceptors (Lipinski definition) is 2. The van der Waals surface area contributed by atoms with Gasteiger partial charge in [0.1, 0.15) is 0 Å². The fraction of sp³-hybridized carbons (Fsp3) is 1.00. The van der Waals surface area contributed by atoms with Crippen molar-refractivity contribution in [2.75, 3.05) is 12.5 Å². The first kappa shape index (κ1) is 10.5. The Balaban J connectivity index is 3.72. The van der Waals surface area contributed by atoms with Crippen LogP contribution in [0.1, 0.15) is 20.3 Å². The van der Waals surface area contributed by atoms with Crippen molar-refractivity contribution in [1.29, 1.82) is 0 Å². The van der Waals surface area contributed by atoms with E-state index in [1.54, 1.807) is 18.0 Å². The highest BCUT2D eigenvalue weighted by atomic mass is 32.2. The van der Waals surface area contributed by atoms with Crippen LogP contribution in [-0.4, -0.2) is 21.3 Å². The molecule has 0 rings (SSSR count). The van der Waals surface area contributed by atoms with Gasteiger partial charge in [0.05, 0.1) is 4.58 Å². The number of rotatable bonds is 4. The zero-order valence-corrected chi connectivity index (χ0v) is 8.72. The molecule has 0 N–H and O–H groups in total. The Hall–Kier alpha value is 0.500. The zero-order valence-electron chi connectivity index (χ0n) is 7.09. The van der Waals surface area contributed by atoms with E-state index in [1.807, 2.05) is 6.26 Å². The van der Waals surface area contributed by atoms with E-state index in [0.717, 1.165) is 6.42 Å². The van der Waals surface area contributed by atoms with Gasteiger partial charge in [-0.15, -0.1) is 11.8 Å². The highest BCUT2D eigenvalue weighted by Crippen LogP contribution is 2.18. The van der Waals surface area contributed by atoms with Crippen molar-refractivity contribution >= 4 is 22.6 Å². The third-order valence-electron chi connectivity index (χ3n) is 1.30. The predicted octanol–water partition coefficient (Wildman–Crippen LogP) is 2.10. The summed E-state index contributed by atoms with van der Waals surface area (Å²) in [4.78, 5) is 0. The molecule has 0 aliphatic carbocycles. The van der Waals surface area contributed by atoms with Crippen molar-refractivity contribution in [1.82, 2.24) is 0 Å². The molecule has 0 amide bonds. The molecule has 0 radical (unpaired) electrons. The van der Waals surface area contributed by atoms with Gasteiger partial charge in [-0.25, -0.2) is 0 Å². The molecular weight excluding hydrogens is 164 g/mol. The summed E-state index contributed by atoms with van der Waals surface area (Å²) >= 11 is 1.71. The molecule has 0 saturated heterocycles. The minimum absolute atomic E-state index is 0.333. The minimum atomic E-state index is -0.661. The van der Waals surface area contributed by atoms with Crippen LogP contribution in [0.15, 0.2) is 0 Å². The molecule has 0 bridgehead atoms. The Morgan fingerprint density at radius 1 is 1.50 bits per heavy atom. The smallest absolute Gasteiger partial charge is 0.0798 e. The summed E-state index contributed by atoms with van der Waals surface area (Å²) in [6.45, 7) is 4.33. The van der Waals surface area contributed by atoms with Gasteiger partial charge in [0.25, 0.3) is 0 Å². The molecule has 0 aromatic rings. The van der Waals surface area contributed by atoms with Crippen LogP contribution in [0, 0.1) is 5.92 Å². The van der Waals surface area contributed by atoms with E-state index in [2.05, 4.69) is 13.8 Å². The summed E-state index contributed by atoms with van der Waals surface area (Å²) in [5.41, 5.74) is 0. The lowest BCUT2D eigenvalue weighted by Gasteiger charge is -2.12. The van der Waals surface area contributed by atoms with Crippen LogP contribution in [0.5, 0.6) is 0 Å². The number of hydrogen-bond donors (Lipinski definition) is 0. The van der Waals surface area contributed by atoms with E-state index in [-0.39, 0.29) is 0 Å². The maximum absolute atomic E-state index is 11.0. The van der Waals surface area contributed by atoms with Crippen molar-refractivity contribution < 1.29 is 4.21 Å². The maximum atomic E-state index is 11.0. The molecule has 0 aliphatic rings. The van der Waals surface area contributed by atoms with E-state index < -0.39 is 10.8 Å². The second kappa shape index (κ2) is 5.19. The van der Waals surface area contributed by atoms with E-state index in [9.17, 15) is 4.21 Å². The van der Waals surface area contributed by atoms with Gasteiger partial charge in [0.15, 0.2) is 0 Å². The molecule has 3 heteroatoms. The first-order valence-corrected chi connectivity index (χ1v) is 6.33. The molecule has 0 spiro atoms. The lowest BCUT2D eigenvalue weighted by atomic mass is 10.2. The van der Waals surface area contributed by atoms with Gasteiger partial charge < -0.3 is 0 Å². The highest BCUT2D eigenvalue weighted by molar-refractivity contribution is 8.10. The second-order valence-corrected chi connectivity index (χ2v) is 5.70. The molecule has 0 fully saturated rings. The normalized spacial score (nSPS) is 17.3. The van der Waals surface area contributed by atoms with Gasteiger partial charge in [0, 0.05) is 17.1 Å². The molecule has 0 aromatic heterocycles. The van der Waals surface area contributed by atoms with Crippen LogP contribution in [0.3, 0.4) is 0 Å². The van der Waals surface area contributed by atoms with E-state index >= 15 is 0 Å². The zero-order chi connectivity index (χ0) is 8.15. The van der Waals surface area contributed by atoms with E-state index in [1.165, 1.54) is 0 Å². The lowest BCUT2D eigenvalue weighted by molar-refractivity contribution is 0.608. The van der Waals surface area contributed by atoms with Crippen LogP contribution in [0.25, 0.3) is 0 Å². The van der Waals surface area contributed by atoms with Crippen LogP contribution < -0.4 is 0 Å². The van der Waals surface area contributed by atoms with E-state index in [4.69, 9.17) is 0 Å². The average molecular weight is 180 g/mol. The first-order chi connectivity index (χ1) is 4.57. The fourth-order valence-corrected chi connectivity index (χ4v) is 3.07. The summed E-state index contributed by atoms with van der Waals surface area (Å²) in [7, 11) is -0.661. The molecule has 2 unspecified atom stereocenters. The Morgan fingerprint density at radius 3 is 2.10 bits per heavy atom. The molecular formula is C7H16OS2. The first-order valence-electron chi connectivity index (χ1n) is 3.43. The van der Waals surface area contributed by atoms with Gasteiger partial charge in [-0.2, -0.15) is 0 Å². The third kappa shape index (κ3) is 4.34. The highest BCUT2D eigenvalue weighted by Gasteiger charge is 2.12. The van der Waals surface area contributed by atoms with Crippen molar-refractivity contribution in [3.05, 3.63) is 0 Å². The lowest BCUT2D eigenvalue weighted by Crippen LogP contribution is -2.11. The predicted molar refractivity (Wildman–Crippen MR) is 50.8 cm³/mol. The van der Waals surface area contributed by atoms with Crippen molar-refractivity contribution in [2.45, 2.75) is 24.9 Å². The summed E-state index contributed by atoms with van der Waals surface area (Å²) < 4.78 is 11.3. The van der Waals surface area contributed by atoms with Crippen molar-refractivity contribution in [2.24, 2.45) is 5.92 Å². The van der Waals surface area contributed by atoms with Gasteiger partial charge in [-0.05, 0) is 18.6 Å². The fourth-order valence-electron chi connectivity index (χ4n) is 0.752. The molecule has 0 saturated carbocycles. The Labute approximate surface area is 70.4 Å². The van der Waals surface area contributed by atoms with E-state index in [0.29, 0.717) is 10.5 Å². The van der Waals surface area contributed by atoms with Crippen LogP contribution >= 0.6 is 11.8 Å². The molecule has 0 aliphatic heterocycles. The van der Waals surface area contributed by atoms with Gasteiger partial charge in [-0.1, -0.05) is 13.8 Å². The molecule has 1 nitrogen and oxygen atoms in total.